The van der Waals surface area contributed by atoms with Gasteiger partial charge in [0.15, 0.2) is 0 Å². The molecule has 140 valence electrons. The Morgan fingerprint density at radius 2 is 1.81 bits per heavy atom. The van der Waals surface area contributed by atoms with Crippen LogP contribution in [0.4, 0.5) is 11.4 Å². The minimum atomic E-state index is -0.736. The van der Waals surface area contributed by atoms with Crippen molar-refractivity contribution in [2.45, 2.75) is 32.7 Å². The van der Waals surface area contributed by atoms with Crippen molar-refractivity contribution in [1.29, 1.82) is 0 Å². The van der Waals surface area contributed by atoms with Crippen LogP contribution in [-0.2, 0) is 14.4 Å². The van der Waals surface area contributed by atoms with Gasteiger partial charge in [0, 0.05) is 24.3 Å². The van der Waals surface area contributed by atoms with Gasteiger partial charge in [0.2, 0.25) is 5.91 Å². The number of rotatable bonds is 4. The first-order valence-electron chi connectivity index (χ1n) is 9.03. The van der Waals surface area contributed by atoms with Crippen molar-refractivity contribution in [2.75, 3.05) is 16.8 Å². The maximum Gasteiger partial charge on any atom is 0.313 e. The quantitative estimate of drug-likeness (QED) is 0.818. The summed E-state index contributed by atoms with van der Waals surface area (Å²) in [5, 5.41) is 5.30. The summed E-state index contributed by atoms with van der Waals surface area (Å²) in [6.07, 6.45) is 1.37. The monoisotopic (exact) mass is 365 g/mol. The smallest absolute Gasteiger partial charge is 0.313 e. The number of carbonyl (C=O) groups is 3. The van der Waals surface area contributed by atoms with Gasteiger partial charge in [-0.25, -0.2) is 0 Å². The minimum absolute atomic E-state index is 0.0796. The van der Waals surface area contributed by atoms with Crippen molar-refractivity contribution in [2.24, 2.45) is 0 Å². The number of benzene rings is 2. The van der Waals surface area contributed by atoms with Gasteiger partial charge in [-0.15, -0.1) is 0 Å². The fraction of sp³-hybridized carbons (Fsp3) is 0.286. The third kappa shape index (κ3) is 4.34. The van der Waals surface area contributed by atoms with E-state index in [9.17, 15) is 14.4 Å². The molecule has 1 fully saturated rings. The number of hydrogen-bond donors (Lipinski definition) is 2. The van der Waals surface area contributed by atoms with E-state index in [1.165, 1.54) is 0 Å². The van der Waals surface area contributed by atoms with Gasteiger partial charge in [-0.3, -0.25) is 14.4 Å². The molecule has 1 aliphatic rings. The van der Waals surface area contributed by atoms with Crippen LogP contribution in [0.3, 0.4) is 0 Å². The summed E-state index contributed by atoms with van der Waals surface area (Å²) in [6.45, 7) is 4.41. The first kappa shape index (κ1) is 18.6. The normalized spacial score (nSPS) is 14.7. The standard InChI is InChI=1S/C21H23N3O3/c1-14-10-11-17(13-18(14)24-12-6-9-19(24)25)23-21(27)20(26)22-15(2)16-7-4-3-5-8-16/h3-5,7-8,10-11,13,15H,6,9,12H2,1-2H3,(H,22,26)(H,23,27)/t15-/m1/s1. The molecule has 0 aliphatic carbocycles. The Labute approximate surface area is 158 Å². The van der Waals surface area contributed by atoms with Gasteiger partial charge >= 0.3 is 11.8 Å². The highest BCUT2D eigenvalue weighted by Crippen LogP contribution is 2.28. The third-order valence-corrected chi connectivity index (χ3v) is 4.68. The van der Waals surface area contributed by atoms with E-state index >= 15 is 0 Å². The number of amides is 3. The Morgan fingerprint density at radius 3 is 2.48 bits per heavy atom. The van der Waals surface area contributed by atoms with Gasteiger partial charge < -0.3 is 15.5 Å². The second-order valence-corrected chi connectivity index (χ2v) is 6.71. The van der Waals surface area contributed by atoms with Gasteiger partial charge in [0.25, 0.3) is 0 Å². The maximum atomic E-state index is 12.3. The van der Waals surface area contributed by atoms with E-state index in [0.29, 0.717) is 18.7 Å². The molecule has 2 N–H and O–H groups in total. The summed E-state index contributed by atoms with van der Waals surface area (Å²) in [5.74, 6) is -1.36. The largest absolute Gasteiger partial charge is 0.341 e. The highest BCUT2D eigenvalue weighted by molar-refractivity contribution is 6.39. The molecule has 0 saturated carbocycles. The lowest BCUT2D eigenvalue weighted by Gasteiger charge is -2.19. The van der Waals surface area contributed by atoms with Crippen molar-refractivity contribution >= 4 is 29.1 Å². The maximum absolute atomic E-state index is 12.3. The molecule has 3 rings (SSSR count). The van der Waals surface area contributed by atoms with E-state index < -0.39 is 11.8 Å². The molecule has 1 aliphatic heterocycles. The van der Waals surface area contributed by atoms with E-state index in [1.54, 1.807) is 17.0 Å². The van der Waals surface area contributed by atoms with Gasteiger partial charge in [-0.05, 0) is 43.5 Å². The fourth-order valence-corrected chi connectivity index (χ4v) is 3.16. The Bertz CT molecular complexity index is 864. The minimum Gasteiger partial charge on any atom is -0.341 e. The van der Waals surface area contributed by atoms with Crippen LogP contribution in [0, 0.1) is 6.92 Å². The van der Waals surface area contributed by atoms with Crippen LogP contribution in [0.2, 0.25) is 0 Å². The van der Waals surface area contributed by atoms with Gasteiger partial charge in [-0.1, -0.05) is 36.4 Å². The number of hydrogen-bond acceptors (Lipinski definition) is 3. The molecule has 1 saturated heterocycles. The Kier molecular flexibility index (Phi) is 5.54. The predicted molar refractivity (Wildman–Crippen MR) is 104 cm³/mol. The van der Waals surface area contributed by atoms with Crippen molar-refractivity contribution in [3.63, 3.8) is 0 Å². The van der Waals surface area contributed by atoms with Crippen LogP contribution >= 0.6 is 0 Å². The summed E-state index contributed by atoms with van der Waals surface area (Å²) in [5.41, 5.74) is 3.13. The molecule has 6 heteroatoms. The average molecular weight is 365 g/mol. The topological polar surface area (TPSA) is 78.5 Å². The number of anilines is 2. The second kappa shape index (κ2) is 8.03. The first-order chi connectivity index (χ1) is 13.0. The summed E-state index contributed by atoms with van der Waals surface area (Å²) in [7, 11) is 0. The Hall–Kier alpha value is -3.15. The molecule has 0 aromatic heterocycles. The van der Waals surface area contributed by atoms with E-state index in [-0.39, 0.29) is 11.9 Å². The van der Waals surface area contributed by atoms with Crippen LogP contribution < -0.4 is 15.5 Å². The number of nitrogens with one attached hydrogen (secondary N) is 2. The van der Waals surface area contributed by atoms with Crippen LogP contribution in [0.15, 0.2) is 48.5 Å². The van der Waals surface area contributed by atoms with Gasteiger partial charge in [-0.2, -0.15) is 0 Å². The highest BCUT2D eigenvalue weighted by Gasteiger charge is 2.24. The molecule has 0 radical (unpaired) electrons. The van der Waals surface area contributed by atoms with Gasteiger partial charge in [0.1, 0.15) is 0 Å². The molecule has 2 aromatic carbocycles. The lowest BCUT2D eigenvalue weighted by Crippen LogP contribution is -2.37. The third-order valence-electron chi connectivity index (χ3n) is 4.68. The van der Waals surface area contributed by atoms with Crippen molar-refractivity contribution in [1.82, 2.24) is 5.32 Å². The lowest BCUT2D eigenvalue weighted by atomic mass is 10.1. The summed E-state index contributed by atoms with van der Waals surface area (Å²) in [4.78, 5) is 38.2. The molecular formula is C21H23N3O3. The van der Waals surface area contributed by atoms with E-state index in [2.05, 4.69) is 10.6 Å². The molecule has 1 heterocycles. The summed E-state index contributed by atoms with van der Waals surface area (Å²) < 4.78 is 0. The molecule has 6 nitrogen and oxygen atoms in total. The second-order valence-electron chi connectivity index (χ2n) is 6.71. The lowest BCUT2D eigenvalue weighted by molar-refractivity contribution is -0.136. The predicted octanol–water partition coefficient (Wildman–Crippen LogP) is 2.94. The van der Waals surface area contributed by atoms with Crippen LogP contribution in [0.25, 0.3) is 0 Å². The molecule has 3 amide bonds. The molecule has 27 heavy (non-hydrogen) atoms. The zero-order valence-electron chi connectivity index (χ0n) is 15.5. The molecular weight excluding hydrogens is 342 g/mol. The van der Waals surface area contributed by atoms with Crippen LogP contribution in [-0.4, -0.2) is 24.3 Å². The Morgan fingerprint density at radius 1 is 1.07 bits per heavy atom. The number of carbonyl (C=O) groups excluding carboxylic acids is 3. The van der Waals surface area contributed by atoms with E-state index in [1.807, 2.05) is 50.2 Å². The summed E-state index contributed by atoms with van der Waals surface area (Å²) >= 11 is 0. The number of aryl methyl sites for hydroxylation is 1. The molecule has 0 spiro atoms. The van der Waals surface area contributed by atoms with E-state index in [0.717, 1.165) is 23.2 Å². The Balaban J connectivity index is 1.67. The first-order valence-corrected chi connectivity index (χ1v) is 9.03. The van der Waals surface area contributed by atoms with Crippen molar-refractivity contribution < 1.29 is 14.4 Å². The molecule has 2 aromatic rings. The SMILES string of the molecule is Cc1ccc(NC(=O)C(=O)N[C@H](C)c2ccccc2)cc1N1CCCC1=O. The van der Waals surface area contributed by atoms with Gasteiger partial charge in [0.05, 0.1) is 6.04 Å². The zero-order chi connectivity index (χ0) is 19.4. The highest BCUT2D eigenvalue weighted by atomic mass is 16.2. The summed E-state index contributed by atoms with van der Waals surface area (Å²) in [6, 6.07) is 14.5. The number of nitrogens with zero attached hydrogens (tertiary/aromatic N) is 1. The van der Waals surface area contributed by atoms with Crippen molar-refractivity contribution in [3.05, 3.63) is 59.7 Å². The van der Waals surface area contributed by atoms with Crippen LogP contribution in [0.5, 0.6) is 0 Å². The van der Waals surface area contributed by atoms with Crippen molar-refractivity contribution in [3.8, 4) is 0 Å². The molecule has 1 atom stereocenters. The molecule has 0 unspecified atom stereocenters. The molecule has 0 bridgehead atoms. The zero-order valence-corrected chi connectivity index (χ0v) is 15.5. The van der Waals surface area contributed by atoms with Crippen LogP contribution in [0.1, 0.15) is 36.9 Å². The fourth-order valence-electron chi connectivity index (χ4n) is 3.16. The van der Waals surface area contributed by atoms with E-state index in [4.69, 9.17) is 0 Å². The average Bonchev–Trinajstić information content (AvgIpc) is 3.09.